The van der Waals surface area contributed by atoms with Crippen molar-refractivity contribution >= 4 is 39.5 Å². The molecule has 0 aliphatic rings. The van der Waals surface area contributed by atoms with E-state index in [0.29, 0.717) is 31.6 Å². The van der Waals surface area contributed by atoms with Gasteiger partial charge in [0.05, 0.1) is 26.4 Å². The topological polar surface area (TPSA) is 237 Å². The second-order valence-electron chi connectivity index (χ2n) is 23.4. The fraction of sp³-hybridized carbons (Fsp3) is 0.935. The molecule has 81 heavy (non-hydrogen) atoms. The highest BCUT2D eigenvalue weighted by Gasteiger charge is 2.30. The Kier molecular flexibility index (Phi) is 53.4. The van der Waals surface area contributed by atoms with Crippen LogP contribution in [0.1, 0.15) is 305 Å². The molecule has 5 atom stereocenters. The Hall–Kier alpha value is -1.94. The Labute approximate surface area is 492 Å². The number of ether oxygens (including phenoxy) is 4. The summed E-state index contributed by atoms with van der Waals surface area (Å²) >= 11 is 0. The molecule has 19 heteroatoms. The van der Waals surface area contributed by atoms with Gasteiger partial charge in [0, 0.05) is 25.7 Å². The molecule has 0 saturated carbocycles. The van der Waals surface area contributed by atoms with Gasteiger partial charge in [-0.05, 0) is 37.5 Å². The van der Waals surface area contributed by atoms with Crippen LogP contribution in [-0.4, -0.2) is 96.7 Å². The SMILES string of the molecule is CCCCCCCCCCCCCC(=O)OC[C@H](COP(=O)(O)OC[C@@H](O)COP(=O)(O)OC[C@@H](COC(=O)CCCCCCC)OC(=O)CCCCCCCCCC(C)C)OC(=O)CCCCCCCCCCCCCCC(C)C. The Morgan fingerprint density at radius 1 is 0.333 bits per heavy atom. The molecular weight excluding hydrogens is 1080 g/mol. The van der Waals surface area contributed by atoms with Crippen molar-refractivity contribution in [3.05, 3.63) is 0 Å². The zero-order valence-corrected chi connectivity index (χ0v) is 53.9. The maximum Gasteiger partial charge on any atom is 0.472 e. The molecule has 0 aromatic carbocycles. The number of hydrogen-bond donors (Lipinski definition) is 3. The van der Waals surface area contributed by atoms with E-state index in [1.54, 1.807) is 0 Å². The number of carbonyl (C=O) groups is 4. The summed E-state index contributed by atoms with van der Waals surface area (Å²) in [6.45, 7) is 9.33. The van der Waals surface area contributed by atoms with Gasteiger partial charge in [-0.1, -0.05) is 253 Å². The van der Waals surface area contributed by atoms with E-state index in [0.717, 1.165) is 102 Å². The van der Waals surface area contributed by atoms with Gasteiger partial charge in [-0.15, -0.1) is 0 Å². The van der Waals surface area contributed by atoms with Crippen LogP contribution < -0.4 is 0 Å². The van der Waals surface area contributed by atoms with Gasteiger partial charge >= 0.3 is 39.5 Å². The number of unbranched alkanes of at least 4 members (excludes halogenated alkanes) is 31. The standard InChI is InChI=1S/C62H120O17P2/c1-7-9-11-13-14-15-18-22-27-33-39-45-60(65)73-51-58(79-61(66)46-40-34-28-23-20-17-16-19-21-25-31-36-42-54(3)4)53-77-81(70,71)75-49-56(63)48-74-80(68,69)76-52-57(50-72-59(64)44-38-30-12-10-8-2)78-62(67)47-41-35-29-24-26-32-37-43-55(5)6/h54-58,63H,7-53H2,1-6H3,(H,68,69)(H,70,71)/t56-,57+,58+/m0/s1. The van der Waals surface area contributed by atoms with Gasteiger partial charge in [0.15, 0.2) is 12.2 Å². The fourth-order valence-electron chi connectivity index (χ4n) is 9.18. The van der Waals surface area contributed by atoms with E-state index in [1.807, 2.05) is 0 Å². The molecule has 0 bridgehead atoms. The number of aliphatic hydroxyl groups is 1. The minimum Gasteiger partial charge on any atom is -0.462 e. The number of phosphoric ester groups is 2. The lowest BCUT2D eigenvalue weighted by atomic mass is 10.0. The lowest BCUT2D eigenvalue weighted by Gasteiger charge is -2.21. The number of esters is 4. The molecule has 0 saturated heterocycles. The van der Waals surface area contributed by atoms with Crippen molar-refractivity contribution in [1.82, 2.24) is 0 Å². The Balaban J connectivity index is 5.17. The lowest BCUT2D eigenvalue weighted by molar-refractivity contribution is -0.161. The van der Waals surface area contributed by atoms with Gasteiger partial charge < -0.3 is 33.8 Å². The van der Waals surface area contributed by atoms with Crippen molar-refractivity contribution in [3.8, 4) is 0 Å². The van der Waals surface area contributed by atoms with Gasteiger partial charge in [-0.3, -0.25) is 37.3 Å². The molecular formula is C62H120O17P2. The highest BCUT2D eigenvalue weighted by atomic mass is 31.2. The van der Waals surface area contributed by atoms with Crippen molar-refractivity contribution in [3.63, 3.8) is 0 Å². The molecule has 0 rings (SSSR count). The van der Waals surface area contributed by atoms with E-state index in [9.17, 15) is 43.2 Å². The average Bonchev–Trinajstić information content (AvgIpc) is 3.42. The molecule has 3 N–H and O–H groups in total. The Morgan fingerprint density at radius 3 is 0.840 bits per heavy atom. The second-order valence-corrected chi connectivity index (χ2v) is 26.3. The summed E-state index contributed by atoms with van der Waals surface area (Å²) < 4.78 is 67.7. The van der Waals surface area contributed by atoms with E-state index in [-0.39, 0.29) is 25.7 Å². The number of rotatable bonds is 61. The van der Waals surface area contributed by atoms with Crippen LogP contribution in [0, 0.1) is 11.8 Å². The molecule has 0 amide bonds. The third-order valence-corrected chi connectivity index (χ3v) is 16.1. The van der Waals surface area contributed by atoms with Gasteiger partial charge in [-0.2, -0.15) is 0 Å². The molecule has 0 heterocycles. The summed E-state index contributed by atoms with van der Waals surface area (Å²) in [6.07, 6.45) is 36.6. The monoisotopic (exact) mass is 1200 g/mol. The molecule has 2 unspecified atom stereocenters. The van der Waals surface area contributed by atoms with E-state index < -0.39 is 97.5 Å². The quantitative estimate of drug-likeness (QED) is 0.0222. The van der Waals surface area contributed by atoms with Gasteiger partial charge in [0.2, 0.25) is 0 Å². The first kappa shape index (κ1) is 79.1. The van der Waals surface area contributed by atoms with E-state index >= 15 is 0 Å². The third kappa shape index (κ3) is 56.9. The molecule has 17 nitrogen and oxygen atoms in total. The number of aliphatic hydroxyl groups excluding tert-OH is 1. The molecule has 480 valence electrons. The predicted octanol–water partition coefficient (Wildman–Crippen LogP) is 16.9. The number of carbonyl (C=O) groups excluding carboxylic acids is 4. The first-order chi connectivity index (χ1) is 38.9. The first-order valence-electron chi connectivity index (χ1n) is 32.5. The van der Waals surface area contributed by atoms with Crippen LogP contribution in [0.15, 0.2) is 0 Å². The summed E-state index contributed by atoms with van der Waals surface area (Å²) in [6, 6.07) is 0. The summed E-state index contributed by atoms with van der Waals surface area (Å²) in [4.78, 5) is 71.9. The van der Waals surface area contributed by atoms with E-state index in [2.05, 4.69) is 41.5 Å². The van der Waals surface area contributed by atoms with Gasteiger partial charge in [0.25, 0.3) is 0 Å². The van der Waals surface area contributed by atoms with Crippen LogP contribution >= 0.6 is 15.6 Å². The largest absolute Gasteiger partial charge is 0.472 e. The molecule has 0 radical (unpaired) electrons. The third-order valence-electron chi connectivity index (χ3n) is 14.2. The highest BCUT2D eigenvalue weighted by Crippen LogP contribution is 2.45. The van der Waals surface area contributed by atoms with Crippen molar-refractivity contribution in [2.75, 3.05) is 39.6 Å². The minimum absolute atomic E-state index is 0.102. The van der Waals surface area contributed by atoms with E-state index in [1.165, 1.54) is 116 Å². The van der Waals surface area contributed by atoms with Crippen molar-refractivity contribution in [2.45, 2.75) is 323 Å². The Bertz CT molecular complexity index is 1600. The first-order valence-corrected chi connectivity index (χ1v) is 35.5. The number of hydrogen-bond acceptors (Lipinski definition) is 15. The van der Waals surface area contributed by atoms with Crippen molar-refractivity contribution in [1.29, 1.82) is 0 Å². The smallest absolute Gasteiger partial charge is 0.462 e. The molecule has 0 aliphatic carbocycles. The molecule has 0 spiro atoms. The summed E-state index contributed by atoms with van der Waals surface area (Å²) in [5.41, 5.74) is 0. The van der Waals surface area contributed by atoms with Crippen molar-refractivity contribution < 1.29 is 80.2 Å². The highest BCUT2D eigenvalue weighted by molar-refractivity contribution is 7.47. The average molecular weight is 1200 g/mol. The molecule has 0 aromatic heterocycles. The van der Waals surface area contributed by atoms with Crippen LogP contribution in [0.3, 0.4) is 0 Å². The van der Waals surface area contributed by atoms with Crippen LogP contribution in [0.4, 0.5) is 0 Å². The zero-order chi connectivity index (χ0) is 60.1. The van der Waals surface area contributed by atoms with Crippen LogP contribution in [0.5, 0.6) is 0 Å². The maximum absolute atomic E-state index is 12.9. The minimum atomic E-state index is -4.94. The summed E-state index contributed by atoms with van der Waals surface area (Å²) in [7, 11) is -9.87. The molecule has 0 aliphatic heterocycles. The predicted molar refractivity (Wildman–Crippen MR) is 321 cm³/mol. The van der Waals surface area contributed by atoms with Crippen LogP contribution in [0.2, 0.25) is 0 Å². The maximum atomic E-state index is 12.9. The van der Waals surface area contributed by atoms with Crippen molar-refractivity contribution in [2.24, 2.45) is 11.8 Å². The fourth-order valence-corrected chi connectivity index (χ4v) is 10.8. The van der Waals surface area contributed by atoms with Crippen LogP contribution in [-0.2, 0) is 65.4 Å². The normalized spacial score (nSPS) is 14.4. The summed E-state index contributed by atoms with van der Waals surface area (Å²) in [5, 5.41) is 10.5. The van der Waals surface area contributed by atoms with E-state index in [4.69, 9.17) is 37.0 Å². The molecule has 0 aromatic rings. The number of phosphoric acid groups is 2. The Morgan fingerprint density at radius 2 is 0.568 bits per heavy atom. The lowest BCUT2D eigenvalue weighted by Crippen LogP contribution is -2.30. The summed E-state index contributed by atoms with van der Waals surface area (Å²) in [5.74, 6) is -0.675. The van der Waals surface area contributed by atoms with Crippen LogP contribution in [0.25, 0.3) is 0 Å². The second kappa shape index (κ2) is 54.7. The van der Waals surface area contributed by atoms with Gasteiger partial charge in [-0.25, -0.2) is 9.13 Å². The van der Waals surface area contributed by atoms with Gasteiger partial charge in [0.1, 0.15) is 19.3 Å². The molecule has 0 fully saturated rings. The zero-order valence-electron chi connectivity index (χ0n) is 52.1.